The molecule has 1 N–H and O–H groups in total. The smallest absolute Gasteiger partial charge is 0.286 e. The molecule has 7 nitrogen and oxygen atoms in total. The van der Waals surface area contributed by atoms with Crippen LogP contribution in [0.3, 0.4) is 0 Å². The highest BCUT2D eigenvalue weighted by atomic mass is 79.9. The number of hydrogen-bond acceptors (Lipinski definition) is 5. The summed E-state index contributed by atoms with van der Waals surface area (Å²) in [5, 5.41) is 14.2. The molecule has 0 unspecified atom stereocenters. The van der Waals surface area contributed by atoms with Gasteiger partial charge in [0.15, 0.2) is 11.5 Å². The zero-order valence-corrected chi connectivity index (χ0v) is 15.0. The Kier molecular flexibility index (Phi) is 5.63. The Hall–Kier alpha value is -2.32. The molecular weight excluding hydrogens is 404 g/mol. The molecule has 0 spiro atoms. The van der Waals surface area contributed by atoms with Crippen LogP contribution in [0.25, 0.3) is 0 Å². The average Bonchev–Trinajstić information content (AvgIpc) is 2.56. The number of carbonyl (C=O) groups excluding carboxylic acids is 1. The summed E-state index contributed by atoms with van der Waals surface area (Å²) in [4.78, 5) is 23.0. The van der Waals surface area contributed by atoms with Gasteiger partial charge in [-0.2, -0.15) is 0 Å². The maximum Gasteiger partial charge on any atom is 0.286 e. The van der Waals surface area contributed by atoms with Gasteiger partial charge < -0.3 is 14.8 Å². The van der Waals surface area contributed by atoms with Gasteiger partial charge in [0.25, 0.3) is 11.6 Å². The number of ether oxygens (including phenoxy) is 2. The minimum absolute atomic E-state index is 0.156. The molecule has 2 aromatic carbocycles. The van der Waals surface area contributed by atoms with Crippen LogP contribution >= 0.6 is 27.5 Å². The highest BCUT2D eigenvalue weighted by Crippen LogP contribution is 2.35. The van der Waals surface area contributed by atoms with E-state index < -0.39 is 16.5 Å². The van der Waals surface area contributed by atoms with E-state index in [1.54, 1.807) is 12.1 Å². The lowest BCUT2D eigenvalue weighted by Gasteiger charge is -2.11. The Morgan fingerprint density at radius 1 is 1.21 bits per heavy atom. The van der Waals surface area contributed by atoms with Crippen molar-refractivity contribution in [3.8, 4) is 11.5 Å². The number of carbonyl (C=O) groups is 1. The number of nitrogens with one attached hydrogen (secondary N) is 1. The van der Waals surface area contributed by atoms with Crippen molar-refractivity contribution in [2.45, 2.75) is 0 Å². The Balaban J connectivity index is 2.43. The first-order chi connectivity index (χ1) is 11.4. The quantitative estimate of drug-likeness (QED) is 0.581. The number of methoxy groups -OCH3 is 2. The van der Waals surface area contributed by atoms with Crippen LogP contribution in [-0.2, 0) is 0 Å². The fourth-order valence-corrected chi connectivity index (χ4v) is 2.40. The number of anilines is 1. The van der Waals surface area contributed by atoms with E-state index in [2.05, 4.69) is 21.2 Å². The zero-order valence-electron chi connectivity index (χ0n) is 12.6. The molecule has 0 saturated heterocycles. The van der Waals surface area contributed by atoms with Crippen molar-refractivity contribution in [2.75, 3.05) is 19.5 Å². The normalized spacial score (nSPS) is 10.2. The first-order valence-corrected chi connectivity index (χ1v) is 7.71. The summed E-state index contributed by atoms with van der Waals surface area (Å²) in [5.74, 6) is -0.296. The van der Waals surface area contributed by atoms with Crippen LogP contribution in [0.15, 0.2) is 34.8 Å². The molecule has 0 saturated carbocycles. The third kappa shape index (κ3) is 3.77. The number of hydrogen-bond donors (Lipinski definition) is 1. The van der Waals surface area contributed by atoms with Gasteiger partial charge in [-0.3, -0.25) is 14.9 Å². The maximum absolute atomic E-state index is 12.4. The topological polar surface area (TPSA) is 90.7 Å². The van der Waals surface area contributed by atoms with Gasteiger partial charge in [-0.25, -0.2) is 0 Å². The molecule has 0 atom stereocenters. The maximum atomic E-state index is 12.4. The fraction of sp³-hybridized carbons (Fsp3) is 0.133. The number of nitro groups is 1. The number of nitro benzene ring substituents is 1. The zero-order chi connectivity index (χ0) is 17.9. The molecule has 0 radical (unpaired) electrons. The summed E-state index contributed by atoms with van der Waals surface area (Å²) >= 11 is 9.21. The predicted molar refractivity (Wildman–Crippen MR) is 93.3 cm³/mol. The van der Waals surface area contributed by atoms with Gasteiger partial charge in [0.1, 0.15) is 5.56 Å². The molecule has 2 aromatic rings. The summed E-state index contributed by atoms with van der Waals surface area (Å²) in [6, 6.07) is 7.19. The highest BCUT2D eigenvalue weighted by Gasteiger charge is 2.24. The van der Waals surface area contributed by atoms with Gasteiger partial charge in [0, 0.05) is 16.2 Å². The number of benzene rings is 2. The lowest BCUT2D eigenvalue weighted by molar-refractivity contribution is -0.385. The van der Waals surface area contributed by atoms with Crippen LogP contribution in [0, 0.1) is 10.1 Å². The molecule has 2 rings (SSSR count). The second kappa shape index (κ2) is 7.50. The third-order valence-electron chi connectivity index (χ3n) is 3.12. The van der Waals surface area contributed by atoms with Crippen molar-refractivity contribution >= 4 is 44.8 Å². The van der Waals surface area contributed by atoms with E-state index in [0.717, 1.165) is 6.07 Å². The van der Waals surface area contributed by atoms with Crippen molar-refractivity contribution in [2.24, 2.45) is 0 Å². The predicted octanol–water partition coefficient (Wildman–Crippen LogP) is 4.28. The first-order valence-electron chi connectivity index (χ1n) is 6.54. The number of rotatable bonds is 5. The molecule has 126 valence electrons. The van der Waals surface area contributed by atoms with Crippen molar-refractivity contribution < 1.29 is 19.2 Å². The Morgan fingerprint density at radius 2 is 1.83 bits per heavy atom. The van der Waals surface area contributed by atoms with Gasteiger partial charge in [0.05, 0.1) is 30.2 Å². The molecule has 1 amide bonds. The molecule has 9 heteroatoms. The highest BCUT2D eigenvalue weighted by molar-refractivity contribution is 9.10. The van der Waals surface area contributed by atoms with E-state index in [4.69, 9.17) is 21.1 Å². The second-order valence-electron chi connectivity index (χ2n) is 4.56. The van der Waals surface area contributed by atoms with Crippen LogP contribution in [-0.4, -0.2) is 25.1 Å². The van der Waals surface area contributed by atoms with Gasteiger partial charge in [-0.1, -0.05) is 11.6 Å². The molecule has 0 heterocycles. The van der Waals surface area contributed by atoms with Crippen LogP contribution in [0.1, 0.15) is 10.4 Å². The van der Waals surface area contributed by atoms with Crippen molar-refractivity contribution in [3.05, 3.63) is 55.5 Å². The first kappa shape index (κ1) is 18.0. The largest absolute Gasteiger partial charge is 0.493 e. The molecule has 0 aliphatic rings. The Labute approximate surface area is 150 Å². The third-order valence-corrected chi connectivity index (χ3v) is 4.35. The lowest BCUT2D eigenvalue weighted by Crippen LogP contribution is -2.14. The van der Waals surface area contributed by atoms with Crippen molar-refractivity contribution in [3.63, 3.8) is 0 Å². The van der Waals surface area contributed by atoms with Crippen LogP contribution < -0.4 is 14.8 Å². The molecular formula is C15H12BrClN2O5. The number of amides is 1. The molecule has 0 fully saturated rings. The monoisotopic (exact) mass is 414 g/mol. The fourth-order valence-electron chi connectivity index (χ4n) is 1.97. The Morgan fingerprint density at radius 3 is 2.38 bits per heavy atom. The average molecular weight is 416 g/mol. The van der Waals surface area contributed by atoms with Crippen LogP contribution in [0.5, 0.6) is 11.5 Å². The van der Waals surface area contributed by atoms with E-state index in [0.29, 0.717) is 15.2 Å². The van der Waals surface area contributed by atoms with E-state index in [1.165, 1.54) is 26.4 Å². The molecule has 0 bridgehead atoms. The van der Waals surface area contributed by atoms with Crippen LogP contribution in [0.4, 0.5) is 11.4 Å². The van der Waals surface area contributed by atoms with Gasteiger partial charge in [-0.15, -0.1) is 0 Å². The molecule has 0 aliphatic heterocycles. The molecule has 0 aliphatic carbocycles. The number of halogens is 2. The summed E-state index contributed by atoms with van der Waals surface area (Å²) in [7, 11) is 2.73. The van der Waals surface area contributed by atoms with E-state index in [-0.39, 0.29) is 17.1 Å². The molecule has 0 aromatic heterocycles. The van der Waals surface area contributed by atoms with Gasteiger partial charge >= 0.3 is 0 Å². The van der Waals surface area contributed by atoms with Gasteiger partial charge in [0.2, 0.25) is 0 Å². The molecule has 24 heavy (non-hydrogen) atoms. The summed E-state index contributed by atoms with van der Waals surface area (Å²) < 4.78 is 10.8. The van der Waals surface area contributed by atoms with E-state index in [9.17, 15) is 14.9 Å². The minimum Gasteiger partial charge on any atom is -0.493 e. The van der Waals surface area contributed by atoms with E-state index in [1.807, 2.05) is 0 Å². The lowest BCUT2D eigenvalue weighted by atomic mass is 10.1. The SMILES string of the molecule is COc1cc(C(=O)Nc2ccc(Br)c(Cl)c2)c([N+](=O)[O-])cc1OC. The number of nitrogens with zero attached hydrogens (tertiary/aromatic N) is 1. The summed E-state index contributed by atoms with van der Waals surface area (Å²) in [5.41, 5.74) is -0.151. The minimum atomic E-state index is -0.666. The second-order valence-corrected chi connectivity index (χ2v) is 5.83. The van der Waals surface area contributed by atoms with E-state index >= 15 is 0 Å². The van der Waals surface area contributed by atoms with Gasteiger partial charge in [-0.05, 0) is 34.1 Å². The van der Waals surface area contributed by atoms with Crippen molar-refractivity contribution in [1.82, 2.24) is 0 Å². The Bertz CT molecular complexity index is 813. The standard InChI is InChI=1S/C15H12BrClN2O5/c1-23-13-6-9(12(19(21)22)7-14(13)24-2)15(20)18-8-3-4-10(16)11(17)5-8/h3-7H,1-2H3,(H,18,20). The summed E-state index contributed by atoms with van der Waals surface area (Å²) in [6.07, 6.45) is 0. The summed E-state index contributed by atoms with van der Waals surface area (Å²) in [6.45, 7) is 0. The van der Waals surface area contributed by atoms with Crippen LogP contribution in [0.2, 0.25) is 5.02 Å². The van der Waals surface area contributed by atoms with Crippen molar-refractivity contribution in [1.29, 1.82) is 0 Å².